The molecule has 1 aromatic carbocycles. The Morgan fingerprint density at radius 2 is 1.83 bits per heavy atom. The summed E-state index contributed by atoms with van der Waals surface area (Å²) in [6.45, 7) is 0. The summed E-state index contributed by atoms with van der Waals surface area (Å²) in [6.07, 6.45) is 5.05. The van der Waals surface area contributed by atoms with Crippen LogP contribution in [-0.2, 0) is 0 Å². The van der Waals surface area contributed by atoms with Gasteiger partial charge in [0.05, 0.1) is 5.39 Å². The van der Waals surface area contributed by atoms with Crippen LogP contribution in [0.15, 0.2) is 71.9 Å². The zero-order valence-electron chi connectivity index (χ0n) is 12.6. The van der Waals surface area contributed by atoms with Gasteiger partial charge in [0, 0.05) is 35.4 Å². The van der Waals surface area contributed by atoms with E-state index in [1.165, 1.54) is 0 Å². The summed E-state index contributed by atoms with van der Waals surface area (Å²) in [4.78, 5) is 28.1. The van der Waals surface area contributed by atoms with Gasteiger partial charge in [0.25, 0.3) is 5.56 Å². The van der Waals surface area contributed by atoms with Crippen LogP contribution >= 0.6 is 0 Å². The summed E-state index contributed by atoms with van der Waals surface area (Å²) >= 11 is 0. The highest BCUT2D eigenvalue weighted by atomic mass is 16.1. The Balaban J connectivity index is 1.85. The van der Waals surface area contributed by atoms with E-state index in [-0.39, 0.29) is 5.56 Å². The van der Waals surface area contributed by atoms with Gasteiger partial charge in [-0.3, -0.25) is 14.8 Å². The number of aromatic nitrogens is 4. The highest BCUT2D eigenvalue weighted by Gasteiger charge is 2.11. The molecule has 0 saturated heterocycles. The molecule has 3 aromatic heterocycles. The van der Waals surface area contributed by atoms with Crippen LogP contribution in [0.1, 0.15) is 0 Å². The molecule has 0 aliphatic carbocycles. The molecule has 4 aromatic rings. The zero-order chi connectivity index (χ0) is 16.4. The molecule has 0 atom stereocenters. The number of H-pyrrole nitrogens is 1. The number of hydrogen-bond acceptors (Lipinski definition) is 5. The maximum atomic E-state index is 12.6. The topological polar surface area (TPSA) is 83.6 Å². The third-order valence-corrected chi connectivity index (χ3v) is 3.62. The number of fused-ring (bicyclic) bond motifs is 1. The minimum Gasteiger partial charge on any atom is -0.326 e. The first-order chi connectivity index (χ1) is 11.8. The van der Waals surface area contributed by atoms with Gasteiger partial charge in [-0.25, -0.2) is 4.98 Å². The quantitative estimate of drug-likeness (QED) is 0.607. The maximum absolute atomic E-state index is 12.6. The molecule has 2 N–H and O–H groups in total. The first kappa shape index (κ1) is 14.1. The summed E-state index contributed by atoms with van der Waals surface area (Å²) in [5, 5.41) is 3.53. The molecule has 0 bridgehead atoms. The molecule has 6 nitrogen and oxygen atoms in total. The van der Waals surface area contributed by atoms with Crippen molar-refractivity contribution in [1.29, 1.82) is 0 Å². The molecule has 0 unspecified atom stereocenters. The number of nitrogens with zero attached hydrogens (tertiary/aromatic N) is 3. The highest BCUT2D eigenvalue weighted by Crippen LogP contribution is 2.24. The normalized spacial score (nSPS) is 10.7. The second kappa shape index (κ2) is 5.92. The largest absolute Gasteiger partial charge is 0.326 e. The van der Waals surface area contributed by atoms with Crippen molar-refractivity contribution >= 4 is 22.7 Å². The number of nitrogens with one attached hydrogen (secondary N) is 2. The Bertz CT molecular complexity index is 1050. The molecule has 3 heterocycles. The van der Waals surface area contributed by atoms with Gasteiger partial charge in [0.15, 0.2) is 5.65 Å². The molecule has 0 saturated carbocycles. The smallest absolute Gasteiger partial charge is 0.262 e. The maximum Gasteiger partial charge on any atom is 0.262 e. The number of pyridine rings is 2. The van der Waals surface area contributed by atoms with Gasteiger partial charge in [0.1, 0.15) is 0 Å². The van der Waals surface area contributed by atoms with Crippen LogP contribution in [0.25, 0.3) is 22.2 Å². The monoisotopic (exact) mass is 315 g/mol. The minimum absolute atomic E-state index is 0.245. The van der Waals surface area contributed by atoms with E-state index in [2.05, 4.69) is 25.3 Å². The third kappa shape index (κ3) is 2.61. The Kier molecular flexibility index (Phi) is 3.47. The zero-order valence-corrected chi connectivity index (χ0v) is 12.6. The molecule has 0 amide bonds. The first-order valence-electron chi connectivity index (χ1n) is 7.43. The Morgan fingerprint density at radius 3 is 2.62 bits per heavy atom. The molecule has 6 heteroatoms. The van der Waals surface area contributed by atoms with E-state index in [0.29, 0.717) is 17.0 Å². The van der Waals surface area contributed by atoms with Crippen LogP contribution in [0, 0.1) is 0 Å². The van der Waals surface area contributed by atoms with Crippen LogP contribution in [0.5, 0.6) is 0 Å². The van der Waals surface area contributed by atoms with Crippen molar-refractivity contribution in [1.82, 2.24) is 19.9 Å². The second-order valence-electron chi connectivity index (χ2n) is 5.20. The molecule has 24 heavy (non-hydrogen) atoms. The van der Waals surface area contributed by atoms with Crippen LogP contribution in [0.3, 0.4) is 0 Å². The molecular weight excluding hydrogens is 302 g/mol. The Morgan fingerprint density at radius 1 is 0.958 bits per heavy atom. The Hall–Kier alpha value is -3.54. The van der Waals surface area contributed by atoms with Gasteiger partial charge in [-0.1, -0.05) is 24.3 Å². The number of anilines is 2. The SMILES string of the molecule is O=c1[nH]c(Nc2ccccc2)nc2nccc(-c3cccnc3)c12. The molecule has 0 fully saturated rings. The predicted molar refractivity (Wildman–Crippen MR) is 93.1 cm³/mol. The van der Waals surface area contributed by atoms with Crippen molar-refractivity contribution in [3.63, 3.8) is 0 Å². The minimum atomic E-state index is -0.245. The summed E-state index contributed by atoms with van der Waals surface area (Å²) < 4.78 is 0. The van der Waals surface area contributed by atoms with Crippen LogP contribution < -0.4 is 10.9 Å². The van der Waals surface area contributed by atoms with Gasteiger partial charge >= 0.3 is 0 Å². The van der Waals surface area contributed by atoms with Gasteiger partial charge in [0.2, 0.25) is 5.95 Å². The second-order valence-corrected chi connectivity index (χ2v) is 5.20. The number of para-hydroxylation sites is 1. The van der Waals surface area contributed by atoms with E-state index in [9.17, 15) is 4.79 Å². The van der Waals surface area contributed by atoms with Crippen molar-refractivity contribution in [2.45, 2.75) is 0 Å². The number of hydrogen-bond donors (Lipinski definition) is 2. The molecular formula is C18H13N5O. The summed E-state index contributed by atoms with van der Waals surface area (Å²) in [5.41, 5.74) is 2.58. The van der Waals surface area contributed by atoms with Gasteiger partial charge in [-0.2, -0.15) is 4.98 Å². The summed E-state index contributed by atoms with van der Waals surface area (Å²) in [7, 11) is 0. The lowest BCUT2D eigenvalue weighted by molar-refractivity contribution is 1.14. The molecule has 116 valence electrons. The van der Waals surface area contributed by atoms with E-state index in [0.717, 1.165) is 16.8 Å². The number of rotatable bonds is 3. The average molecular weight is 315 g/mol. The van der Waals surface area contributed by atoms with Gasteiger partial charge in [-0.15, -0.1) is 0 Å². The summed E-state index contributed by atoms with van der Waals surface area (Å²) in [5.74, 6) is 0.356. The van der Waals surface area contributed by atoms with Crippen molar-refractivity contribution in [2.24, 2.45) is 0 Å². The van der Waals surface area contributed by atoms with E-state index in [1.54, 1.807) is 24.7 Å². The van der Waals surface area contributed by atoms with Gasteiger partial charge in [-0.05, 0) is 24.3 Å². The fraction of sp³-hybridized carbons (Fsp3) is 0. The number of aromatic amines is 1. The molecule has 0 radical (unpaired) electrons. The Labute approximate surface area is 137 Å². The molecule has 0 aliphatic heterocycles. The van der Waals surface area contributed by atoms with E-state index in [4.69, 9.17) is 0 Å². The lowest BCUT2D eigenvalue weighted by Crippen LogP contribution is -2.13. The lowest BCUT2D eigenvalue weighted by atomic mass is 10.1. The lowest BCUT2D eigenvalue weighted by Gasteiger charge is -2.08. The average Bonchev–Trinajstić information content (AvgIpc) is 2.63. The number of benzene rings is 1. The predicted octanol–water partition coefficient (Wildman–Crippen LogP) is 3.12. The van der Waals surface area contributed by atoms with E-state index < -0.39 is 0 Å². The van der Waals surface area contributed by atoms with Crippen LogP contribution in [0.4, 0.5) is 11.6 Å². The van der Waals surface area contributed by atoms with Crippen LogP contribution in [0.2, 0.25) is 0 Å². The van der Waals surface area contributed by atoms with Crippen LogP contribution in [-0.4, -0.2) is 19.9 Å². The van der Waals surface area contributed by atoms with E-state index >= 15 is 0 Å². The van der Waals surface area contributed by atoms with Crippen molar-refractivity contribution in [3.8, 4) is 11.1 Å². The highest BCUT2D eigenvalue weighted by molar-refractivity contribution is 5.91. The van der Waals surface area contributed by atoms with E-state index in [1.807, 2.05) is 42.5 Å². The molecule has 0 aliphatic rings. The fourth-order valence-corrected chi connectivity index (χ4v) is 2.54. The van der Waals surface area contributed by atoms with Gasteiger partial charge < -0.3 is 5.32 Å². The first-order valence-corrected chi connectivity index (χ1v) is 7.43. The third-order valence-electron chi connectivity index (χ3n) is 3.62. The standard InChI is InChI=1S/C18H13N5O/c24-17-15-14(12-5-4-9-19-11-12)8-10-20-16(15)22-18(23-17)21-13-6-2-1-3-7-13/h1-11H,(H2,20,21,22,23,24). The van der Waals surface area contributed by atoms with Crippen molar-refractivity contribution in [2.75, 3.05) is 5.32 Å². The molecule has 0 spiro atoms. The van der Waals surface area contributed by atoms with Crippen molar-refractivity contribution < 1.29 is 0 Å². The summed E-state index contributed by atoms with van der Waals surface area (Å²) in [6, 6.07) is 15.0. The van der Waals surface area contributed by atoms with Crippen molar-refractivity contribution in [3.05, 3.63) is 77.5 Å². The fourth-order valence-electron chi connectivity index (χ4n) is 2.54. The molecule has 4 rings (SSSR count).